The molecule has 0 bridgehead atoms. The van der Waals surface area contributed by atoms with Crippen LogP contribution in [-0.4, -0.2) is 6.54 Å². The zero-order chi connectivity index (χ0) is 14.8. The minimum absolute atomic E-state index is 0.0656. The number of ether oxygens (including phenoxy) is 1. The fourth-order valence-electron chi connectivity index (χ4n) is 2.76. The first-order valence-corrected chi connectivity index (χ1v) is 8.29. The van der Waals surface area contributed by atoms with Crippen molar-refractivity contribution in [3.63, 3.8) is 0 Å². The molecule has 4 heteroatoms. The first-order chi connectivity index (χ1) is 10.2. The van der Waals surface area contributed by atoms with E-state index in [1.165, 1.54) is 5.56 Å². The molecule has 110 valence electrons. The Labute approximate surface area is 138 Å². The van der Waals surface area contributed by atoms with Crippen LogP contribution in [-0.2, 0) is 0 Å². The summed E-state index contributed by atoms with van der Waals surface area (Å²) in [5.74, 6) is 0.921. The lowest BCUT2D eigenvalue weighted by Gasteiger charge is -2.33. The van der Waals surface area contributed by atoms with Gasteiger partial charge in [0.15, 0.2) is 0 Å². The molecule has 0 aliphatic carbocycles. The Morgan fingerprint density at radius 1 is 1.24 bits per heavy atom. The van der Waals surface area contributed by atoms with Gasteiger partial charge in [-0.15, -0.1) is 0 Å². The lowest BCUT2D eigenvalue weighted by molar-refractivity contribution is 0.152. The van der Waals surface area contributed by atoms with Gasteiger partial charge in [-0.3, -0.25) is 0 Å². The number of hydrogen-bond donors (Lipinski definition) is 1. The molecule has 2 atom stereocenters. The third-order valence-corrected chi connectivity index (χ3v) is 4.52. The molecule has 1 heterocycles. The van der Waals surface area contributed by atoms with Gasteiger partial charge in [0.05, 0.1) is 0 Å². The summed E-state index contributed by atoms with van der Waals surface area (Å²) in [5, 5.41) is 4.28. The summed E-state index contributed by atoms with van der Waals surface area (Å²) in [6.45, 7) is 3.04. The third kappa shape index (κ3) is 3.25. The fraction of sp³-hybridized carbons (Fsp3) is 0.294. The summed E-state index contributed by atoms with van der Waals surface area (Å²) >= 11 is 9.60. The van der Waals surface area contributed by atoms with Crippen LogP contribution < -0.4 is 10.1 Å². The van der Waals surface area contributed by atoms with Crippen molar-refractivity contribution in [1.82, 2.24) is 5.32 Å². The molecule has 0 amide bonds. The number of hydrogen-bond acceptors (Lipinski definition) is 2. The van der Waals surface area contributed by atoms with Crippen LogP contribution in [0.3, 0.4) is 0 Å². The summed E-state index contributed by atoms with van der Waals surface area (Å²) in [7, 11) is 0. The highest BCUT2D eigenvalue weighted by molar-refractivity contribution is 9.10. The van der Waals surface area contributed by atoms with E-state index in [1.54, 1.807) is 0 Å². The van der Waals surface area contributed by atoms with Crippen molar-refractivity contribution in [2.24, 2.45) is 0 Å². The molecule has 2 aromatic rings. The largest absolute Gasteiger partial charge is 0.485 e. The van der Waals surface area contributed by atoms with E-state index in [2.05, 4.69) is 52.4 Å². The standard InChI is InChI=1S/C17H17BrClNO/c1-2-20-15-10-17(11-3-5-12(18)6-4-11)21-16-8-7-13(19)9-14(15)16/h3-9,15,17,20H,2,10H2,1H3. The smallest absolute Gasteiger partial charge is 0.126 e. The number of fused-ring (bicyclic) bond motifs is 1. The monoisotopic (exact) mass is 365 g/mol. The van der Waals surface area contributed by atoms with E-state index in [4.69, 9.17) is 16.3 Å². The molecule has 0 spiro atoms. The molecule has 0 fully saturated rings. The lowest BCUT2D eigenvalue weighted by atomic mass is 9.93. The topological polar surface area (TPSA) is 21.3 Å². The highest BCUT2D eigenvalue weighted by Crippen LogP contribution is 2.41. The Morgan fingerprint density at radius 2 is 2.00 bits per heavy atom. The van der Waals surface area contributed by atoms with Crippen LogP contribution in [0.4, 0.5) is 0 Å². The van der Waals surface area contributed by atoms with Crippen molar-refractivity contribution in [1.29, 1.82) is 0 Å². The van der Waals surface area contributed by atoms with Crippen molar-refractivity contribution < 1.29 is 4.74 Å². The average molecular weight is 367 g/mol. The highest BCUT2D eigenvalue weighted by Gasteiger charge is 2.28. The van der Waals surface area contributed by atoms with Gasteiger partial charge in [0.2, 0.25) is 0 Å². The molecule has 0 radical (unpaired) electrons. The normalized spacial score (nSPS) is 20.7. The second-order valence-electron chi connectivity index (χ2n) is 5.19. The zero-order valence-electron chi connectivity index (χ0n) is 11.8. The van der Waals surface area contributed by atoms with Gasteiger partial charge < -0.3 is 10.1 Å². The molecular weight excluding hydrogens is 350 g/mol. The number of rotatable bonds is 3. The summed E-state index contributed by atoms with van der Waals surface area (Å²) in [6.07, 6.45) is 0.971. The maximum atomic E-state index is 6.18. The molecule has 2 unspecified atom stereocenters. The molecule has 1 N–H and O–H groups in total. The van der Waals surface area contributed by atoms with E-state index in [0.717, 1.165) is 33.8 Å². The fourth-order valence-corrected chi connectivity index (χ4v) is 3.21. The van der Waals surface area contributed by atoms with Crippen molar-refractivity contribution >= 4 is 27.5 Å². The van der Waals surface area contributed by atoms with Crippen LogP contribution in [0.1, 0.15) is 36.6 Å². The Hall–Kier alpha value is -1.03. The second-order valence-corrected chi connectivity index (χ2v) is 6.54. The van der Waals surface area contributed by atoms with Crippen molar-refractivity contribution in [3.05, 3.63) is 63.1 Å². The molecule has 3 rings (SSSR count). The molecule has 1 aliphatic heterocycles. The van der Waals surface area contributed by atoms with Crippen LogP contribution in [0.2, 0.25) is 5.02 Å². The zero-order valence-corrected chi connectivity index (χ0v) is 14.1. The van der Waals surface area contributed by atoms with Gasteiger partial charge in [-0.25, -0.2) is 0 Å². The molecular formula is C17H17BrClNO. The van der Waals surface area contributed by atoms with Crippen LogP contribution in [0.15, 0.2) is 46.9 Å². The molecule has 21 heavy (non-hydrogen) atoms. The quantitative estimate of drug-likeness (QED) is 0.798. The minimum Gasteiger partial charge on any atom is -0.485 e. The van der Waals surface area contributed by atoms with E-state index in [-0.39, 0.29) is 12.1 Å². The first kappa shape index (κ1) is 14.9. The van der Waals surface area contributed by atoms with Gasteiger partial charge >= 0.3 is 0 Å². The van der Waals surface area contributed by atoms with Crippen molar-refractivity contribution in [3.8, 4) is 5.75 Å². The molecule has 2 aromatic carbocycles. The Balaban J connectivity index is 1.93. The van der Waals surface area contributed by atoms with Crippen LogP contribution >= 0.6 is 27.5 Å². The van der Waals surface area contributed by atoms with Gasteiger partial charge in [0.25, 0.3) is 0 Å². The van der Waals surface area contributed by atoms with Gasteiger partial charge in [0, 0.05) is 27.5 Å². The molecule has 2 nitrogen and oxygen atoms in total. The average Bonchev–Trinajstić information content (AvgIpc) is 2.48. The molecule has 0 aromatic heterocycles. The van der Waals surface area contributed by atoms with Gasteiger partial charge in [0.1, 0.15) is 11.9 Å². The number of halogens is 2. The van der Waals surface area contributed by atoms with Crippen LogP contribution in [0.5, 0.6) is 5.75 Å². The predicted molar refractivity (Wildman–Crippen MR) is 90.0 cm³/mol. The van der Waals surface area contributed by atoms with Gasteiger partial charge in [-0.2, -0.15) is 0 Å². The number of benzene rings is 2. The number of nitrogens with one attached hydrogen (secondary N) is 1. The van der Waals surface area contributed by atoms with E-state index < -0.39 is 0 Å². The van der Waals surface area contributed by atoms with Crippen molar-refractivity contribution in [2.45, 2.75) is 25.5 Å². The van der Waals surface area contributed by atoms with E-state index in [0.29, 0.717) is 0 Å². The van der Waals surface area contributed by atoms with Crippen LogP contribution in [0, 0.1) is 0 Å². The summed E-state index contributed by atoms with van der Waals surface area (Å²) in [6, 6.07) is 14.4. The maximum Gasteiger partial charge on any atom is 0.126 e. The Bertz CT molecular complexity index is 629. The van der Waals surface area contributed by atoms with Crippen molar-refractivity contribution in [2.75, 3.05) is 6.54 Å². The molecule has 1 aliphatic rings. The summed E-state index contributed by atoms with van der Waals surface area (Å²) in [5.41, 5.74) is 2.35. The summed E-state index contributed by atoms with van der Waals surface area (Å²) in [4.78, 5) is 0. The highest BCUT2D eigenvalue weighted by atomic mass is 79.9. The van der Waals surface area contributed by atoms with E-state index >= 15 is 0 Å². The Kier molecular flexibility index (Phi) is 4.53. The second kappa shape index (κ2) is 6.39. The third-order valence-electron chi connectivity index (χ3n) is 3.76. The van der Waals surface area contributed by atoms with Gasteiger partial charge in [-0.05, 0) is 42.4 Å². The van der Waals surface area contributed by atoms with Crippen LogP contribution in [0.25, 0.3) is 0 Å². The predicted octanol–water partition coefficient (Wildman–Crippen LogP) is 5.28. The molecule has 0 saturated carbocycles. The first-order valence-electron chi connectivity index (χ1n) is 7.12. The van der Waals surface area contributed by atoms with E-state index in [1.807, 2.05) is 18.2 Å². The SMILES string of the molecule is CCNC1CC(c2ccc(Br)cc2)Oc2ccc(Cl)cc21. The minimum atomic E-state index is 0.0656. The maximum absolute atomic E-state index is 6.18. The Morgan fingerprint density at radius 3 is 2.71 bits per heavy atom. The van der Waals surface area contributed by atoms with E-state index in [9.17, 15) is 0 Å². The summed E-state index contributed by atoms with van der Waals surface area (Å²) < 4.78 is 7.26. The lowest BCUT2D eigenvalue weighted by Crippen LogP contribution is -2.29. The molecule has 0 saturated heterocycles. The van der Waals surface area contributed by atoms with Gasteiger partial charge in [-0.1, -0.05) is 46.6 Å².